The van der Waals surface area contributed by atoms with Crippen LogP contribution in [-0.4, -0.2) is 37.1 Å². The third-order valence-electron chi connectivity index (χ3n) is 4.35. The first-order valence-corrected chi connectivity index (χ1v) is 10.00. The van der Waals surface area contributed by atoms with Crippen molar-refractivity contribution in [2.45, 2.75) is 40.2 Å². The number of anilines is 1. The molecule has 1 aromatic heterocycles. The van der Waals surface area contributed by atoms with Gasteiger partial charge in [-0.15, -0.1) is 11.3 Å². The SMILES string of the molecule is CN=C(NCCc1nc(C)c(C)s1)NCC(Nc1ccccc1)C(C)C. The van der Waals surface area contributed by atoms with E-state index in [1.54, 1.807) is 11.3 Å². The van der Waals surface area contributed by atoms with Crippen molar-refractivity contribution in [2.24, 2.45) is 10.9 Å². The first-order valence-electron chi connectivity index (χ1n) is 9.18. The maximum atomic E-state index is 4.59. The van der Waals surface area contributed by atoms with E-state index in [1.165, 1.54) is 9.88 Å². The third kappa shape index (κ3) is 6.33. The van der Waals surface area contributed by atoms with Gasteiger partial charge in [-0.2, -0.15) is 0 Å². The van der Waals surface area contributed by atoms with E-state index < -0.39 is 0 Å². The second-order valence-electron chi connectivity index (χ2n) is 6.74. The average molecular weight is 374 g/mol. The summed E-state index contributed by atoms with van der Waals surface area (Å²) in [6.45, 7) is 10.3. The highest BCUT2D eigenvalue weighted by Gasteiger charge is 2.14. The van der Waals surface area contributed by atoms with Crippen LogP contribution in [0.2, 0.25) is 0 Å². The average Bonchev–Trinajstić information content (AvgIpc) is 2.95. The van der Waals surface area contributed by atoms with Crippen molar-refractivity contribution in [2.75, 3.05) is 25.5 Å². The van der Waals surface area contributed by atoms with Crippen LogP contribution in [0.1, 0.15) is 29.4 Å². The Morgan fingerprint density at radius 3 is 2.46 bits per heavy atom. The molecule has 3 N–H and O–H groups in total. The topological polar surface area (TPSA) is 61.3 Å². The van der Waals surface area contributed by atoms with Crippen molar-refractivity contribution >= 4 is 23.0 Å². The fourth-order valence-electron chi connectivity index (χ4n) is 2.56. The second kappa shape index (κ2) is 10.2. The number of hydrogen-bond donors (Lipinski definition) is 3. The van der Waals surface area contributed by atoms with E-state index in [-0.39, 0.29) is 0 Å². The van der Waals surface area contributed by atoms with Gasteiger partial charge in [0.05, 0.1) is 10.7 Å². The van der Waals surface area contributed by atoms with Crippen molar-refractivity contribution in [3.8, 4) is 0 Å². The molecule has 2 rings (SSSR count). The van der Waals surface area contributed by atoms with Gasteiger partial charge in [-0.3, -0.25) is 4.99 Å². The minimum atomic E-state index is 0.320. The Bertz CT molecular complexity index is 674. The summed E-state index contributed by atoms with van der Waals surface area (Å²) in [5, 5.41) is 11.6. The van der Waals surface area contributed by atoms with Gasteiger partial charge in [0.2, 0.25) is 0 Å². The molecule has 6 heteroatoms. The second-order valence-corrected chi connectivity index (χ2v) is 8.03. The quantitative estimate of drug-likeness (QED) is 0.489. The summed E-state index contributed by atoms with van der Waals surface area (Å²) in [6, 6.07) is 10.7. The molecule has 0 radical (unpaired) electrons. The van der Waals surface area contributed by atoms with Gasteiger partial charge in [-0.05, 0) is 31.9 Å². The molecule has 0 aliphatic heterocycles. The molecule has 0 aliphatic rings. The molecule has 0 bridgehead atoms. The molecule has 1 unspecified atom stereocenters. The van der Waals surface area contributed by atoms with Crippen LogP contribution in [-0.2, 0) is 6.42 Å². The Balaban J connectivity index is 1.80. The van der Waals surface area contributed by atoms with Crippen molar-refractivity contribution < 1.29 is 0 Å². The lowest BCUT2D eigenvalue weighted by molar-refractivity contribution is 0.512. The summed E-state index contributed by atoms with van der Waals surface area (Å²) >= 11 is 1.78. The Hall–Kier alpha value is -2.08. The number of benzene rings is 1. The molecule has 2 aromatic rings. The van der Waals surface area contributed by atoms with E-state index in [4.69, 9.17) is 0 Å². The predicted octanol–water partition coefficient (Wildman–Crippen LogP) is 3.60. The van der Waals surface area contributed by atoms with Gasteiger partial charge in [0, 0.05) is 43.2 Å². The number of aryl methyl sites for hydroxylation is 2. The first kappa shape index (κ1) is 20.2. The van der Waals surface area contributed by atoms with E-state index in [9.17, 15) is 0 Å². The Morgan fingerprint density at radius 1 is 1.15 bits per heavy atom. The smallest absolute Gasteiger partial charge is 0.191 e. The number of nitrogens with one attached hydrogen (secondary N) is 3. The molecular weight excluding hydrogens is 342 g/mol. The van der Waals surface area contributed by atoms with Gasteiger partial charge in [-0.25, -0.2) is 4.98 Å². The fourth-order valence-corrected chi connectivity index (χ4v) is 3.50. The molecular formula is C20H31N5S. The van der Waals surface area contributed by atoms with E-state index in [0.29, 0.717) is 12.0 Å². The maximum absolute atomic E-state index is 4.59. The molecule has 26 heavy (non-hydrogen) atoms. The van der Waals surface area contributed by atoms with Crippen molar-refractivity contribution in [1.29, 1.82) is 0 Å². The molecule has 142 valence electrons. The highest BCUT2D eigenvalue weighted by Crippen LogP contribution is 2.16. The van der Waals surface area contributed by atoms with Crippen LogP contribution in [0.4, 0.5) is 5.69 Å². The van der Waals surface area contributed by atoms with Gasteiger partial charge in [0.1, 0.15) is 0 Å². The third-order valence-corrected chi connectivity index (χ3v) is 5.48. The molecule has 0 saturated heterocycles. The van der Waals surface area contributed by atoms with Gasteiger partial charge in [0.25, 0.3) is 0 Å². The highest BCUT2D eigenvalue weighted by molar-refractivity contribution is 7.11. The van der Waals surface area contributed by atoms with Crippen LogP contribution >= 0.6 is 11.3 Å². The minimum Gasteiger partial charge on any atom is -0.380 e. The number of nitrogens with zero attached hydrogens (tertiary/aromatic N) is 2. The normalized spacial score (nSPS) is 12.9. The summed E-state index contributed by atoms with van der Waals surface area (Å²) in [6.07, 6.45) is 0.913. The standard InChI is InChI=1S/C20H31N5S/c1-14(2)18(25-17-9-7-6-8-10-17)13-23-20(21-5)22-12-11-19-24-15(3)16(4)26-19/h6-10,14,18,25H,11-13H2,1-5H3,(H2,21,22,23). The number of rotatable bonds is 8. The number of thiazole rings is 1. The number of para-hydroxylation sites is 1. The Kier molecular flexibility index (Phi) is 7.91. The van der Waals surface area contributed by atoms with Crippen LogP contribution in [0.15, 0.2) is 35.3 Å². The lowest BCUT2D eigenvalue weighted by atomic mass is 10.0. The Morgan fingerprint density at radius 2 is 1.88 bits per heavy atom. The zero-order valence-corrected chi connectivity index (χ0v) is 17.3. The number of aromatic nitrogens is 1. The molecule has 0 aliphatic carbocycles. The van der Waals surface area contributed by atoms with Crippen LogP contribution in [0.25, 0.3) is 0 Å². The first-order chi connectivity index (χ1) is 12.5. The molecule has 0 amide bonds. The van der Waals surface area contributed by atoms with Crippen molar-refractivity contribution in [3.05, 3.63) is 45.9 Å². The minimum absolute atomic E-state index is 0.320. The summed E-state index contributed by atoms with van der Waals surface area (Å²) in [4.78, 5) is 10.2. The lowest BCUT2D eigenvalue weighted by Gasteiger charge is -2.25. The van der Waals surface area contributed by atoms with Gasteiger partial charge in [-0.1, -0.05) is 32.0 Å². The molecule has 0 spiro atoms. The number of guanidine groups is 1. The van der Waals surface area contributed by atoms with Crippen LogP contribution in [0, 0.1) is 19.8 Å². The Labute approximate surface area is 161 Å². The summed E-state index contributed by atoms with van der Waals surface area (Å²) < 4.78 is 0. The fraction of sp³-hybridized carbons (Fsp3) is 0.500. The zero-order chi connectivity index (χ0) is 18.9. The van der Waals surface area contributed by atoms with Crippen LogP contribution in [0.3, 0.4) is 0 Å². The molecule has 0 saturated carbocycles. The molecule has 1 atom stereocenters. The van der Waals surface area contributed by atoms with E-state index in [2.05, 4.69) is 77.9 Å². The molecule has 5 nitrogen and oxygen atoms in total. The zero-order valence-electron chi connectivity index (χ0n) is 16.5. The van der Waals surface area contributed by atoms with Crippen molar-refractivity contribution in [3.63, 3.8) is 0 Å². The largest absolute Gasteiger partial charge is 0.380 e. The van der Waals surface area contributed by atoms with E-state index in [0.717, 1.165) is 36.9 Å². The molecule has 1 heterocycles. The maximum Gasteiger partial charge on any atom is 0.191 e. The lowest BCUT2D eigenvalue weighted by Crippen LogP contribution is -2.45. The highest BCUT2D eigenvalue weighted by atomic mass is 32.1. The van der Waals surface area contributed by atoms with E-state index >= 15 is 0 Å². The van der Waals surface area contributed by atoms with Crippen LogP contribution in [0.5, 0.6) is 0 Å². The summed E-state index contributed by atoms with van der Waals surface area (Å²) in [5.74, 6) is 1.33. The van der Waals surface area contributed by atoms with Crippen molar-refractivity contribution in [1.82, 2.24) is 15.6 Å². The monoisotopic (exact) mass is 373 g/mol. The van der Waals surface area contributed by atoms with E-state index in [1.807, 2.05) is 13.1 Å². The molecule has 1 aromatic carbocycles. The van der Waals surface area contributed by atoms with Gasteiger partial charge < -0.3 is 16.0 Å². The number of aliphatic imine (C=N–C) groups is 1. The van der Waals surface area contributed by atoms with Gasteiger partial charge >= 0.3 is 0 Å². The molecule has 0 fully saturated rings. The summed E-state index contributed by atoms with van der Waals surface area (Å²) in [7, 11) is 1.81. The van der Waals surface area contributed by atoms with Gasteiger partial charge in [0.15, 0.2) is 5.96 Å². The predicted molar refractivity (Wildman–Crippen MR) is 113 cm³/mol. The van der Waals surface area contributed by atoms with Crippen LogP contribution < -0.4 is 16.0 Å². The number of hydrogen-bond acceptors (Lipinski definition) is 4. The summed E-state index contributed by atoms with van der Waals surface area (Å²) in [5.41, 5.74) is 2.28.